The minimum atomic E-state index is -0.00389. The molecule has 0 saturated carbocycles. The maximum Gasteiger partial charge on any atom is 0.138 e. The van der Waals surface area contributed by atoms with Gasteiger partial charge in [0.05, 0.1) is 11.4 Å². The van der Waals surface area contributed by atoms with E-state index in [1.165, 1.54) is 0 Å². The molecule has 5 heteroatoms. The van der Waals surface area contributed by atoms with Crippen LogP contribution in [0.1, 0.15) is 16.8 Å². The lowest BCUT2D eigenvalue weighted by molar-refractivity contribution is 0.477. The predicted octanol–water partition coefficient (Wildman–Crippen LogP) is 2.23. The van der Waals surface area contributed by atoms with Crippen LogP contribution in [0.2, 0.25) is 0 Å². The lowest BCUT2D eigenvalue weighted by Gasteiger charge is -2.14. The molecule has 18 heavy (non-hydrogen) atoms. The van der Waals surface area contributed by atoms with Crippen molar-refractivity contribution in [3.63, 3.8) is 0 Å². The highest BCUT2D eigenvalue weighted by molar-refractivity contribution is 7.17. The van der Waals surface area contributed by atoms with Gasteiger partial charge in [-0.05, 0) is 35.4 Å². The summed E-state index contributed by atoms with van der Waals surface area (Å²) in [5.41, 5.74) is 13.9. The molecule has 0 fully saturated rings. The summed E-state index contributed by atoms with van der Waals surface area (Å²) in [4.78, 5) is 0. The van der Waals surface area contributed by atoms with E-state index in [0.717, 1.165) is 11.1 Å². The number of aromatic hydroxyl groups is 2. The molecule has 0 aliphatic heterocycles. The van der Waals surface area contributed by atoms with Crippen LogP contribution in [0.25, 0.3) is 0 Å². The second-order valence-corrected chi connectivity index (χ2v) is 4.78. The molecule has 0 saturated heterocycles. The summed E-state index contributed by atoms with van der Waals surface area (Å²) in [6, 6.07) is 10.2. The summed E-state index contributed by atoms with van der Waals surface area (Å²) >= 11 is 0. The fourth-order valence-electron chi connectivity index (χ4n) is 1.73. The Hall–Kier alpha value is -1.93. The molecule has 1 unspecified atom stereocenters. The first kappa shape index (κ1) is 12.5. The summed E-state index contributed by atoms with van der Waals surface area (Å²) in [6.07, 6.45) is 0. The molecule has 0 aliphatic rings. The molecule has 4 nitrogen and oxygen atoms in total. The van der Waals surface area contributed by atoms with Gasteiger partial charge in [0, 0.05) is 5.66 Å². The van der Waals surface area contributed by atoms with Crippen LogP contribution in [0.15, 0.2) is 36.4 Å². The highest BCUT2D eigenvalue weighted by Gasteiger charge is 2.11. The fourth-order valence-corrected chi connectivity index (χ4v) is 2.14. The van der Waals surface area contributed by atoms with E-state index in [0.29, 0.717) is 11.4 Å². The lowest BCUT2D eigenvalue weighted by Crippen LogP contribution is -1.96. The topological polar surface area (TPSA) is 92.5 Å². The van der Waals surface area contributed by atoms with Crippen LogP contribution in [-0.2, 0) is 0 Å². The zero-order valence-electron chi connectivity index (χ0n) is 9.67. The third-order valence-corrected chi connectivity index (χ3v) is 3.59. The zero-order valence-corrected chi connectivity index (χ0v) is 10.8. The van der Waals surface area contributed by atoms with Gasteiger partial charge < -0.3 is 21.7 Å². The van der Waals surface area contributed by atoms with E-state index < -0.39 is 0 Å². The Morgan fingerprint density at radius 2 is 1.22 bits per heavy atom. The molecule has 0 aromatic heterocycles. The molecule has 94 valence electrons. The molecule has 0 bridgehead atoms. The summed E-state index contributed by atoms with van der Waals surface area (Å²) in [5.74, 6) is 0.141. The van der Waals surface area contributed by atoms with E-state index in [2.05, 4.69) is 9.24 Å². The average molecular weight is 262 g/mol. The van der Waals surface area contributed by atoms with E-state index in [1.807, 2.05) is 0 Å². The number of rotatable bonds is 2. The van der Waals surface area contributed by atoms with Gasteiger partial charge in [-0.25, -0.2) is 0 Å². The van der Waals surface area contributed by atoms with Crippen molar-refractivity contribution < 1.29 is 10.2 Å². The van der Waals surface area contributed by atoms with Crippen LogP contribution >= 0.6 is 9.24 Å². The van der Waals surface area contributed by atoms with Crippen molar-refractivity contribution in [2.45, 2.75) is 5.66 Å². The van der Waals surface area contributed by atoms with Gasteiger partial charge in [-0.15, -0.1) is 9.24 Å². The van der Waals surface area contributed by atoms with Crippen molar-refractivity contribution in [3.05, 3.63) is 47.5 Å². The van der Waals surface area contributed by atoms with E-state index in [-0.39, 0.29) is 17.2 Å². The highest BCUT2D eigenvalue weighted by atomic mass is 31.0. The predicted molar refractivity (Wildman–Crippen MR) is 76.6 cm³/mol. The maximum absolute atomic E-state index is 9.39. The molecule has 0 heterocycles. The van der Waals surface area contributed by atoms with Gasteiger partial charge in [0.25, 0.3) is 0 Å². The van der Waals surface area contributed by atoms with Gasteiger partial charge in [-0.3, -0.25) is 0 Å². The van der Waals surface area contributed by atoms with Crippen molar-refractivity contribution in [2.75, 3.05) is 11.5 Å². The largest absolute Gasteiger partial charge is 0.506 e. The molecular formula is C13H15N2O2P. The van der Waals surface area contributed by atoms with Crippen molar-refractivity contribution in [2.24, 2.45) is 0 Å². The number of hydrogen-bond donors (Lipinski definition) is 4. The standard InChI is InChI=1S/C13H15N2O2P/c14-9-5-7(1-3-11(9)16)13(18)8-2-4-12(17)10(15)6-8/h1-6,13,16-17H,14-15,18H2. The Morgan fingerprint density at radius 3 is 1.56 bits per heavy atom. The maximum atomic E-state index is 9.39. The van der Waals surface area contributed by atoms with Crippen LogP contribution in [0, 0.1) is 0 Å². The summed E-state index contributed by atoms with van der Waals surface area (Å²) < 4.78 is 0. The van der Waals surface area contributed by atoms with E-state index >= 15 is 0 Å². The second kappa shape index (κ2) is 4.75. The number of nitrogens with two attached hydrogens (primary N) is 2. The normalized spacial score (nSPS) is 10.8. The molecule has 2 rings (SSSR count). The molecule has 0 aliphatic carbocycles. The highest BCUT2D eigenvalue weighted by Crippen LogP contribution is 2.36. The number of nitrogen functional groups attached to an aromatic ring is 2. The van der Waals surface area contributed by atoms with Crippen LogP contribution in [0.5, 0.6) is 11.5 Å². The average Bonchev–Trinajstić information content (AvgIpc) is 2.35. The van der Waals surface area contributed by atoms with Gasteiger partial charge in [0.15, 0.2) is 0 Å². The van der Waals surface area contributed by atoms with Crippen molar-refractivity contribution >= 4 is 20.6 Å². The Kier molecular flexibility index (Phi) is 3.30. The molecule has 0 amide bonds. The molecule has 6 N–H and O–H groups in total. The molecule has 0 spiro atoms. The summed E-state index contributed by atoms with van der Waals surface area (Å²) in [7, 11) is 2.69. The number of phenolic OH excluding ortho intramolecular Hbond substituents is 2. The third kappa shape index (κ3) is 2.34. The minimum Gasteiger partial charge on any atom is -0.506 e. The van der Waals surface area contributed by atoms with Crippen molar-refractivity contribution in [1.82, 2.24) is 0 Å². The minimum absolute atomic E-state index is 0.00389. The fraction of sp³-hybridized carbons (Fsp3) is 0.0769. The van der Waals surface area contributed by atoms with Gasteiger partial charge in [-0.1, -0.05) is 12.1 Å². The van der Waals surface area contributed by atoms with Crippen LogP contribution in [0.3, 0.4) is 0 Å². The second-order valence-electron chi connectivity index (χ2n) is 4.11. The van der Waals surface area contributed by atoms with Crippen molar-refractivity contribution in [1.29, 1.82) is 0 Å². The Labute approximate surface area is 107 Å². The zero-order chi connectivity index (χ0) is 13.3. The molecule has 0 radical (unpaired) electrons. The van der Waals surface area contributed by atoms with Crippen molar-refractivity contribution in [3.8, 4) is 11.5 Å². The van der Waals surface area contributed by atoms with Crippen LogP contribution in [-0.4, -0.2) is 10.2 Å². The number of hydrogen-bond acceptors (Lipinski definition) is 4. The van der Waals surface area contributed by atoms with Gasteiger partial charge in [0.1, 0.15) is 11.5 Å². The van der Waals surface area contributed by atoms with Gasteiger partial charge in [0.2, 0.25) is 0 Å². The van der Waals surface area contributed by atoms with Crippen LogP contribution < -0.4 is 11.5 Å². The first-order valence-electron chi connectivity index (χ1n) is 5.41. The number of phenols is 2. The molecule has 2 aromatic carbocycles. The smallest absolute Gasteiger partial charge is 0.138 e. The third-order valence-electron chi connectivity index (χ3n) is 2.82. The van der Waals surface area contributed by atoms with E-state index in [9.17, 15) is 10.2 Å². The Morgan fingerprint density at radius 1 is 0.833 bits per heavy atom. The Balaban J connectivity index is 2.37. The molecular weight excluding hydrogens is 247 g/mol. The van der Waals surface area contributed by atoms with Gasteiger partial charge >= 0.3 is 0 Å². The van der Waals surface area contributed by atoms with E-state index in [4.69, 9.17) is 11.5 Å². The monoisotopic (exact) mass is 262 g/mol. The lowest BCUT2D eigenvalue weighted by atomic mass is 10.0. The SMILES string of the molecule is Nc1cc(C(P)c2ccc(O)c(N)c2)ccc1O. The molecule has 1 atom stereocenters. The quantitative estimate of drug-likeness (QED) is 0.379. The first-order valence-corrected chi connectivity index (χ1v) is 6.08. The Bertz CT molecular complexity index is 536. The van der Waals surface area contributed by atoms with E-state index in [1.54, 1.807) is 36.4 Å². The number of benzene rings is 2. The van der Waals surface area contributed by atoms with Crippen LogP contribution in [0.4, 0.5) is 11.4 Å². The first-order chi connectivity index (χ1) is 8.49. The summed E-state index contributed by atoms with van der Waals surface area (Å²) in [5, 5.41) is 18.8. The van der Waals surface area contributed by atoms with Gasteiger partial charge in [-0.2, -0.15) is 0 Å². The molecule has 2 aromatic rings. The number of anilines is 2. The summed E-state index contributed by atoms with van der Waals surface area (Å²) in [6.45, 7) is 0.